The standard InChI is InChI=1S/C19H20ClN3O3S/c1-12(24)21-14-2-3-16(15(20)10-14)22-18(25)4-5-19(26)23-8-6-17-13(11-23)7-9-27-17/h2-3,7,9-10H,4-6,8,11H2,1H3,(H,21,24)(H,22,25). The van der Waals surface area contributed by atoms with Crippen molar-refractivity contribution in [2.45, 2.75) is 32.7 Å². The summed E-state index contributed by atoms with van der Waals surface area (Å²) in [5.74, 6) is -0.492. The number of fused-ring (bicyclic) bond motifs is 1. The minimum absolute atomic E-state index is 0.0193. The highest BCUT2D eigenvalue weighted by atomic mass is 35.5. The summed E-state index contributed by atoms with van der Waals surface area (Å²) in [5.41, 5.74) is 2.21. The lowest BCUT2D eigenvalue weighted by atomic mass is 10.1. The molecule has 0 saturated carbocycles. The molecule has 0 aliphatic carbocycles. The van der Waals surface area contributed by atoms with E-state index >= 15 is 0 Å². The number of hydrogen-bond donors (Lipinski definition) is 2. The second-order valence-electron chi connectivity index (χ2n) is 6.36. The third-order valence-corrected chi connectivity index (χ3v) is 5.63. The van der Waals surface area contributed by atoms with Crippen LogP contribution in [0.25, 0.3) is 0 Å². The number of nitrogens with one attached hydrogen (secondary N) is 2. The Hall–Kier alpha value is -2.38. The molecule has 1 aliphatic heterocycles. The smallest absolute Gasteiger partial charge is 0.224 e. The number of carbonyl (C=O) groups excluding carboxylic acids is 3. The fraction of sp³-hybridized carbons (Fsp3) is 0.316. The Balaban J connectivity index is 1.50. The molecular weight excluding hydrogens is 386 g/mol. The van der Waals surface area contributed by atoms with Gasteiger partial charge in [-0.3, -0.25) is 14.4 Å². The van der Waals surface area contributed by atoms with Crippen LogP contribution >= 0.6 is 22.9 Å². The first kappa shape index (κ1) is 19.4. The minimum atomic E-state index is -0.272. The summed E-state index contributed by atoms with van der Waals surface area (Å²) in [6, 6.07) is 6.89. The molecule has 0 fully saturated rings. The van der Waals surface area contributed by atoms with E-state index < -0.39 is 0 Å². The van der Waals surface area contributed by atoms with Crippen LogP contribution < -0.4 is 10.6 Å². The zero-order chi connectivity index (χ0) is 19.4. The van der Waals surface area contributed by atoms with Gasteiger partial charge in [0.25, 0.3) is 0 Å². The molecule has 1 aromatic carbocycles. The largest absolute Gasteiger partial charge is 0.338 e. The normalized spacial score (nSPS) is 13.0. The maximum atomic E-state index is 12.4. The highest BCUT2D eigenvalue weighted by molar-refractivity contribution is 7.10. The van der Waals surface area contributed by atoms with Crippen molar-refractivity contribution in [3.8, 4) is 0 Å². The molecule has 2 aromatic rings. The van der Waals surface area contributed by atoms with Crippen molar-refractivity contribution in [1.82, 2.24) is 4.90 Å². The first-order valence-corrected chi connectivity index (χ1v) is 9.88. The summed E-state index contributed by atoms with van der Waals surface area (Å²) in [6.45, 7) is 2.72. The highest BCUT2D eigenvalue weighted by Crippen LogP contribution is 2.26. The van der Waals surface area contributed by atoms with Crippen LogP contribution in [0.4, 0.5) is 11.4 Å². The van der Waals surface area contributed by atoms with Crippen molar-refractivity contribution in [2.24, 2.45) is 0 Å². The monoisotopic (exact) mass is 405 g/mol. The molecule has 0 radical (unpaired) electrons. The van der Waals surface area contributed by atoms with Crippen LogP contribution in [0.1, 0.15) is 30.2 Å². The Morgan fingerprint density at radius 2 is 2.00 bits per heavy atom. The van der Waals surface area contributed by atoms with Crippen LogP contribution in [0.3, 0.4) is 0 Å². The van der Waals surface area contributed by atoms with Gasteiger partial charge in [-0.1, -0.05) is 11.6 Å². The van der Waals surface area contributed by atoms with E-state index in [0.29, 0.717) is 29.5 Å². The third kappa shape index (κ3) is 5.08. The summed E-state index contributed by atoms with van der Waals surface area (Å²) >= 11 is 7.86. The summed E-state index contributed by atoms with van der Waals surface area (Å²) in [6.07, 6.45) is 1.13. The van der Waals surface area contributed by atoms with Crippen LogP contribution in [-0.2, 0) is 27.3 Å². The molecule has 142 valence electrons. The van der Waals surface area contributed by atoms with Gasteiger partial charge >= 0.3 is 0 Å². The summed E-state index contributed by atoms with van der Waals surface area (Å²) < 4.78 is 0. The van der Waals surface area contributed by atoms with E-state index in [2.05, 4.69) is 16.7 Å². The Kier molecular flexibility index (Phi) is 6.13. The van der Waals surface area contributed by atoms with Crippen molar-refractivity contribution in [2.75, 3.05) is 17.2 Å². The molecule has 3 amide bonds. The predicted molar refractivity (Wildman–Crippen MR) is 107 cm³/mol. The molecule has 0 atom stereocenters. The van der Waals surface area contributed by atoms with Gasteiger partial charge in [-0.2, -0.15) is 0 Å². The average molecular weight is 406 g/mol. The molecule has 0 unspecified atom stereocenters. The number of rotatable bonds is 5. The Labute approximate surface area is 166 Å². The Morgan fingerprint density at radius 1 is 1.19 bits per heavy atom. The van der Waals surface area contributed by atoms with Gasteiger partial charge in [0.05, 0.1) is 10.7 Å². The molecule has 6 nitrogen and oxygen atoms in total. The summed E-state index contributed by atoms with van der Waals surface area (Å²) in [5, 5.41) is 7.70. The Morgan fingerprint density at radius 3 is 2.74 bits per heavy atom. The quantitative estimate of drug-likeness (QED) is 0.796. The van der Waals surface area contributed by atoms with E-state index in [-0.39, 0.29) is 30.6 Å². The SMILES string of the molecule is CC(=O)Nc1ccc(NC(=O)CCC(=O)N2CCc3sccc3C2)c(Cl)c1. The number of nitrogens with zero attached hydrogens (tertiary/aromatic N) is 1. The van der Waals surface area contributed by atoms with Gasteiger partial charge in [-0.15, -0.1) is 11.3 Å². The van der Waals surface area contributed by atoms with Crippen LogP contribution in [0, 0.1) is 0 Å². The Bertz CT molecular complexity index is 881. The molecule has 0 saturated heterocycles. The van der Waals surface area contributed by atoms with E-state index in [9.17, 15) is 14.4 Å². The van der Waals surface area contributed by atoms with E-state index in [1.807, 2.05) is 5.38 Å². The molecule has 8 heteroatoms. The number of carbonyl (C=O) groups is 3. The first-order chi connectivity index (χ1) is 12.9. The minimum Gasteiger partial charge on any atom is -0.338 e. The second-order valence-corrected chi connectivity index (χ2v) is 7.77. The molecule has 3 rings (SSSR count). The van der Waals surface area contributed by atoms with Gasteiger partial charge in [0, 0.05) is 43.4 Å². The number of benzene rings is 1. The number of hydrogen-bond acceptors (Lipinski definition) is 4. The molecule has 2 heterocycles. The van der Waals surface area contributed by atoms with Crippen LogP contribution in [0.5, 0.6) is 0 Å². The predicted octanol–water partition coefficient (Wildman–Crippen LogP) is 3.66. The van der Waals surface area contributed by atoms with E-state index in [1.165, 1.54) is 17.4 Å². The lowest BCUT2D eigenvalue weighted by Crippen LogP contribution is -2.35. The van der Waals surface area contributed by atoms with Crippen LogP contribution in [0.2, 0.25) is 5.02 Å². The van der Waals surface area contributed by atoms with Gasteiger partial charge in [0.1, 0.15) is 0 Å². The molecule has 1 aliphatic rings. The molecule has 0 bridgehead atoms. The number of thiophene rings is 1. The van der Waals surface area contributed by atoms with Crippen molar-refractivity contribution >= 4 is 52.0 Å². The highest BCUT2D eigenvalue weighted by Gasteiger charge is 2.21. The van der Waals surface area contributed by atoms with Crippen LogP contribution in [-0.4, -0.2) is 29.2 Å². The molecule has 27 heavy (non-hydrogen) atoms. The lowest BCUT2D eigenvalue weighted by Gasteiger charge is -2.27. The van der Waals surface area contributed by atoms with Gasteiger partial charge in [0.2, 0.25) is 17.7 Å². The fourth-order valence-electron chi connectivity index (χ4n) is 2.95. The number of halogens is 1. The second kappa shape index (κ2) is 8.54. The topological polar surface area (TPSA) is 78.5 Å². The fourth-order valence-corrected chi connectivity index (χ4v) is 4.07. The van der Waals surface area contributed by atoms with Crippen molar-refractivity contribution < 1.29 is 14.4 Å². The molecule has 2 N–H and O–H groups in total. The van der Waals surface area contributed by atoms with Gasteiger partial charge in [-0.25, -0.2) is 0 Å². The molecular formula is C19H20ClN3O3S. The number of anilines is 2. The van der Waals surface area contributed by atoms with Crippen molar-refractivity contribution in [3.63, 3.8) is 0 Å². The van der Waals surface area contributed by atoms with Gasteiger partial charge in [-0.05, 0) is 41.6 Å². The summed E-state index contributed by atoms with van der Waals surface area (Å²) in [4.78, 5) is 38.8. The van der Waals surface area contributed by atoms with Crippen molar-refractivity contribution in [3.05, 3.63) is 45.1 Å². The van der Waals surface area contributed by atoms with E-state index in [1.54, 1.807) is 34.4 Å². The first-order valence-electron chi connectivity index (χ1n) is 8.62. The lowest BCUT2D eigenvalue weighted by molar-refractivity contribution is -0.133. The molecule has 0 spiro atoms. The van der Waals surface area contributed by atoms with E-state index in [0.717, 1.165) is 6.42 Å². The third-order valence-electron chi connectivity index (χ3n) is 4.29. The summed E-state index contributed by atoms with van der Waals surface area (Å²) in [7, 11) is 0. The molecule has 1 aromatic heterocycles. The zero-order valence-electron chi connectivity index (χ0n) is 14.9. The van der Waals surface area contributed by atoms with E-state index in [4.69, 9.17) is 11.6 Å². The van der Waals surface area contributed by atoms with Crippen LogP contribution in [0.15, 0.2) is 29.6 Å². The number of amides is 3. The maximum absolute atomic E-state index is 12.4. The van der Waals surface area contributed by atoms with Gasteiger partial charge < -0.3 is 15.5 Å². The van der Waals surface area contributed by atoms with Gasteiger partial charge in [0.15, 0.2) is 0 Å². The average Bonchev–Trinajstić information content (AvgIpc) is 3.09. The van der Waals surface area contributed by atoms with Crippen molar-refractivity contribution in [1.29, 1.82) is 0 Å². The zero-order valence-corrected chi connectivity index (χ0v) is 16.5. The maximum Gasteiger partial charge on any atom is 0.224 e.